The van der Waals surface area contributed by atoms with Gasteiger partial charge in [0.15, 0.2) is 0 Å². The standard InChI is InChI=1S/C12H21NOS/c14-11-5-4-8-13(11)9-12(10-15)6-2-1-3-7-12/h15H,1-10H2. The zero-order valence-electron chi connectivity index (χ0n) is 9.37. The first kappa shape index (κ1) is 11.3. The van der Waals surface area contributed by atoms with E-state index in [-0.39, 0.29) is 0 Å². The summed E-state index contributed by atoms with van der Waals surface area (Å²) in [5, 5.41) is 0. The molecule has 0 bridgehead atoms. The van der Waals surface area contributed by atoms with E-state index in [1.165, 1.54) is 32.1 Å². The minimum atomic E-state index is 0.335. The number of carbonyl (C=O) groups is 1. The fourth-order valence-corrected chi connectivity index (χ4v) is 3.36. The van der Waals surface area contributed by atoms with Crippen molar-refractivity contribution >= 4 is 18.5 Å². The monoisotopic (exact) mass is 227 g/mol. The van der Waals surface area contributed by atoms with E-state index in [0.29, 0.717) is 11.3 Å². The Balaban J connectivity index is 1.97. The third-order valence-electron chi connectivity index (χ3n) is 3.95. The summed E-state index contributed by atoms with van der Waals surface area (Å²) in [6.07, 6.45) is 8.36. The quantitative estimate of drug-likeness (QED) is 0.735. The smallest absolute Gasteiger partial charge is 0.222 e. The largest absolute Gasteiger partial charge is 0.342 e. The molecule has 0 aromatic heterocycles. The Kier molecular flexibility index (Phi) is 3.60. The van der Waals surface area contributed by atoms with Gasteiger partial charge in [0.25, 0.3) is 0 Å². The molecule has 2 aliphatic rings. The van der Waals surface area contributed by atoms with E-state index in [1.807, 2.05) is 0 Å². The van der Waals surface area contributed by atoms with Crippen molar-refractivity contribution in [2.45, 2.75) is 44.9 Å². The minimum absolute atomic E-state index is 0.335. The van der Waals surface area contributed by atoms with Crippen LogP contribution in [0.2, 0.25) is 0 Å². The number of carbonyl (C=O) groups excluding carboxylic acids is 1. The van der Waals surface area contributed by atoms with Crippen molar-refractivity contribution in [2.24, 2.45) is 5.41 Å². The molecule has 1 saturated heterocycles. The first-order chi connectivity index (χ1) is 7.26. The van der Waals surface area contributed by atoms with Crippen LogP contribution in [-0.4, -0.2) is 29.6 Å². The summed E-state index contributed by atoms with van der Waals surface area (Å²) in [4.78, 5) is 13.7. The lowest BCUT2D eigenvalue weighted by Gasteiger charge is -2.39. The molecule has 2 nitrogen and oxygen atoms in total. The Labute approximate surface area is 97.8 Å². The third kappa shape index (κ3) is 2.49. The number of amides is 1. The van der Waals surface area contributed by atoms with E-state index >= 15 is 0 Å². The summed E-state index contributed by atoms with van der Waals surface area (Å²) >= 11 is 4.51. The second-order valence-corrected chi connectivity index (χ2v) is 5.45. The van der Waals surface area contributed by atoms with Crippen molar-refractivity contribution in [3.05, 3.63) is 0 Å². The molecule has 2 rings (SSSR count). The molecular weight excluding hydrogens is 206 g/mol. The van der Waals surface area contributed by atoms with Gasteiger partial charge in [-0.05, 0) is 30.4 Å². The highest BCUT2D eigenvalue weighted by molar-refractivity contribution is 7.80. The van der Waals surface area contributed by atoms with E-state index in [4.69, 9.17) is 0 Å². The lowest BCUT2D eigenvalue weighted by atomic mass is 9.75. The van der Waals surface area contributed by atoms with Crippen molar-refractivity contribution in [1.82, 2.24) is 4.90 Å². The Bertz CT molecular complexity index is 236. The second kappa shape index (κ2) is 4.77. The molecule has 0 N–H and O–H groups in total. The first-order valence-electron chi connectivity index (χ1n) is 6.14. The molecule has 3 heteroatoms. The van der Waals surface area contributed by atoms with Gasteiger partial charge in [0.2, 0.25) is 5.91 Å². The van der Waals surface area contributed by atoms with Gasteiger partial charge in [-0.1, -0.05) is 19.3 Å². The number of hydrogen-bond acceptors (Lipinski definition) is 2. The molecule has 1 amide bonds. The van der Waals surface area contributed by atoms with E-state index in [9.17, 15) is 4.79 Å². The van der Waals surface area contributed by atoms with Crippen molar-refractivity contribution < 1.29 is 4.79 Å². The topological polar surface area (TPSA) is 20.3 Å². The van der Waals surface area contributed by atoms with Crippen molar-refractivity contribution in [2.75, 3.05) is 18.8 Å². The summed E-state index contributed by atoms with van der Waals surface area (Å²) in [6, 6.07) is 0. The number of likely N-dealkylation sites (tertiary alicyclic amines) is 1. The van der Waals surface area contributed by atoms with Crippen LogP contribution in [0.25, 0.3) is 0 Å². The maximum absolute atomic E-state index is 11.6. The van der Waals surface area contributed by atoms with Crippen LogP contribution < -0.4 is 0 Å². The highest BCUT2D eigenvalue weighted by Crippen LogP contribution is 2.38. The highest BCUT2D eigenvalue weighted by Gasteiger charge is 2.35. The van der Waals surface area contributed by atoms with Crippen molar-refractivity contribution in [1.29, 1.82) is 0 Å². The summed E-state index contributed by atoms with van der Waals surface area (Å²) in [6.45, 7) is 1.95. The maximum atomic E-state index is 11.6. The van der Waals surface area contributed by atoms with Gasteiger partial charge in [-0.3, -0.25) is 4.79 Å². The van der Waals surface area contributed by atoms with Gasteiger partial charge >= 0.3 is 0 Å². The van der Waals surface area contributed by atoms with E-state index < -0.39 is 0 Å². The Morgan fingerprint density at radius 1 is 1.20 bits per heavy atom. The predicted octanol–water partition coefficient (Wildman–Crippen LogP) is 2.49. The summed E-state index contributed by atoms with van der Waals surface area (Å²) < 4.78 is 0. The average molecular weight is 227 g/mol. The van der Waals surface area contributed by atoms with Crippen molar-refractivity contribution in [3.63, 3.8) is 0 Å². The van der Waals surface area contributed by atoms with E-state index in [1.54, 1.807) is 0 Å². The van der Waals surface area contributed by atoms with Gasteiger partial charge in [-0.25, -0.2) is 0 Å². The molecule has 15 heavy (non-hydrogen) atoms. The number of nitrogens with zero attached hydrogens (tertiary/aromatic N) is 1. The number of rotatable bonds is 3. The van der Waals surface area contributed by atoms with Gasteiger partial charge in [0.1, 0.15) is 0 Å². The number of hydrogen-bond donors (Lipinski definition) is 1. The Hall–Kier alpha value is -0.180. The minimum Gasteiger partial charge on any atom is -0.342 e. The van der Waals surface area contributed by atoms with Gasteiger partial charge < -0.3 is 4.90 Å². The summed E-state index contributed by atoms with van der Waals surface area (Å²) in [5.74, 6) is 1.30. The molecule has 0 aromatic carbocycles. The lowest BCUT2D eigenvalue weighted by Crippen LogP contribution is -2.41. The fraction of sp³-hybridized carbons (Fsp3) is 0.917. The molecule has 1 aliphatic heterocycles. The molecule has 86 valence electrons. The van der Waals surface area contributed by atoms with Crippen LogP contribution in [0.5, 0.6) is 0 Å². The molecule has 1 aliphatic carbocycles. The van der Waals surface area contributed by atoms with Gasteiger partial charge in [-0.15, -0.1) is 0 Å². The Morgan fingerprint density at radius 2 is 1.93 bits per heavy atom. The second-order valence-electron chi connectivity index (χ2n) is 5.14. The molecular formula is C12H21NOS. The maximum Gasteiger partial charge on any atom is 0.222 e. The summed E-state index contributed by atoms with van der Waals surface area (Å²) in [7, 11) is 0. The number of thiol groups is 1. The van der Waals surface area contributed by atoms with Crippen LogP contribution in [0.3, 0.4) is 0 Å². The first-order valence-corrected chi connectivity index (χ1v) is 6.78. The lowest BCUT2D eigenvalue weighted by molar-refractivity contribution is -0.129. The normalized spacial score (nSPS) is 25.9. The van der Waals surface area contributed by atoms with Gasteiger partial charge in [0, 0.05) is 19.5 Å². The SMILES string of the molecule is O=C1CCCN1CC1(CS)CCCCC1. The van der Waals surface area contributed by atoms with Crippen LogP contribution in [0.15, 0.2) is 0 Å². The fourth-order valence-electron chi connectivity index (χ4n) is 2.94. The van der Waals surface area contributed by atoms with Gasteiger partial charge in [0.05, 0.1) is 0 Å². The molecule has 0 radical (unpaired) electrons. The third-order valence-corrected chi connectivity index (χ3v) is 4.62. The molecule has 1 saturated carbocycles. The molecule has 0 spiro atoms. The van der Waals surface area contributed by atoms with Crippen LogP contribution in [0, 0.1) is 5.41 Å². The van der Waals surface area contributed by atoms with Crippen LogP contribution >= 0.6 is 12.6 Å². The molecule has 2 fully saturated rings. The highest BCUT2D eigenvalue weighted by atomic mass is 32.1. The van der Waals surface area contributed by atoms with Gasteiger partial charge in [-0.2, -0.15) is 12.6 Å². The van der Waals surface area contributed by atoms with Crippen LogP contribution in [0.4, 0.5) is 0 Å². The van der Waals surface area contributed by atoms with Crippen molar-refractivity contribution in [3.8, 4) is 0 Å². The van der Waals surface area contributed by atoms with E-state index in [0.717, 1.165) is 31.7 Å². The average Bonchev–Trinajstić information content (AvgIpc) is 2.66. The summed E-state index contributed by atoms with van der Waals surface area (Å²) in [5.41, 5.74) is 0.335. The van der Waals surface area contributed by atoms with Crippen LogP contribution in [-0.2, 0) is 4.79 Å². The molecule has 0 aromatic rings. The molecule has 1 heterocycles. The van der Waals surface area contributed by atoms with Crippen LogP contribution in [0.1, 0.15) is 44.9 Å². The zero-order chi connectivity index (χ0) is 10.7. The molecule has 0 atom stereocenters. The predicted molar refractivity (Wildman–Crippen MR) is 65.2 cm³/mol. The Morgan fingerprint density at radius 3 is 2.47 bits per heavy atom. The zero-order valence-corrected chi connectivity index (χ0v) is 10.3. The van der Waals surface area contributed by atoms with E-state index in [2.05, 4.69) is 17.5 Å². The molecule has 0 unspecified atom stereocenters.